The summed E-state index contributed by atoms with van der Waals surface area (Å²) in [5.41, 5.74) is -0.450. The molecule has 0 amide bonds. The first-order valence-corrected chi connectivity index (χ1v) is 9.54. The molecule has 0 radical (unpaired) electrons. The Labute approximate surface area is 139 Å². The van der Waals surface area contributed by atoms with Gasteiger partial charge in [0.1, 0.15) is 5.78 Å². The zero-order valence-electron chi connectivity index (χ0n) is 14.9. The number of Topliss-reactive ketones (excluding diaryl/α,β-unsaturated/α-hetero) is 1. The molecule has 2 N–H and O–H groups in total. The quantitative estimate of drug-likeness (QED) is 0.779. The molecule has 5 fully saturated rings. The fourth-order valence-electron chi connectivity index (χ4n) is 7.66. The number of hydrogen-bond donors (Lipinski definition) is 2. The van der Waals surface area contributed by atoms with Gasteiger partial charge in [0, 0.05) is 13.0 Å². The first kappa shape index (κ1) is 16.1. The lowest BCUT2D eigenvalue weighted by atomic mass is 9.33. The molecule has 5 aliphatic rings. The van der Waals surface area contributed by atoms with Crippen LogP contribution in [0.15, 0.2) is 0 Å². The van der Waals surface area contributed by atoms with Gasteiger partial charge in [-0.05, 0) is 66.6 Å². The number of carbonyl (C=O) groups is 1. The second kappa shape index (κ2) is 4.60. The molecule has 3 heteroatoms. The molecule has 0 saturated heterocycles. The Morgan fingerprint density at radius 3 is 2.52 bits per heavy atom. The first-order chi connectivity index (χ1) is 10.7. The third-order valence-electron chi connectivity index (χ3n) is 9.21. The topological polar surface area (TPSA) is 57.5 Å². The lowest BCUT2D eigenvalue weighted by molar-refractivity contribution is -0.243. The molecule has 3 nitrogen and oxygen atoms in total. The molecule has 5 aliphatic carbocycles. The fourth-order valence-corrected chi connectivity index (χ4v) is 7.66. The zero-order valence-corrected chi connectivity index (χ0v) is 14.9. The van der Waals surface area contributed by atoms with Crippen molar-refractivity contribution in [1.29, 1.82) is 0 Å². The van der Waals surface area contributed by atoms with Gasteiger partial charge in [-0.2, -0.15) is 0 Å². The van der Waals surface area contributed by atoms with Crippen molar-refractivity contribution in [1.82, 2.24) is 0 Å². The van der Waals surface area contributed by atoms with Gasteiger partial charge in [0.2, 0.25) is 0 Å². The molecule has 5 rings (SSSR count). The van der Waals surface area contributed by atoms with Crippen molar-refractivity contribution in [2.75, 3.05) is 6.61 Å². The van der Waals surface area contributed by atoms with Crippen LogP contribution in [0.25, 0.3) is 0 Å². The summed E-state index contributed by atoms with van der Waals surface area (Å²) in [6.45, 7) is 6.89. The average Bonchev–Trinajstić information content (AvgIpc) is 2.49. The molecule has 0 unspecified atom stereocenters. The molecule has 0 aromatic carbocycles. The highest BCUT2D eigenvalue weighted by atomic mass is 16.3. The van der Waals surface area contributed by atoms with Crippen LogP contribution in [0.3, 0.4) is 0 Å². The van der Waals surface area contributed by atoms with E-state index in [2.05, 4.69) is 13.8 Å². The molecule has 1 spiro atoms. The van der Waals surface area contributed by atoms with Gasteiger partial charge in [-0.1, -0.05) is 27.2 Å². The minimum absolute atomic E-state index is 0.0150. The van der Waals surface area contributed by atoms with E-state index in [1.165, 1.54) is 12.8 Å². The Hall–Kier alpha value is -0.410. The third kappa shape index (κ3) is 1.71. The second-order valence-corrected chi connectivity index (χ2v) is 10.0. The Kier molecular flexibility index (Phi) is 3.22. The molecule has 0 aliphatic heterocycles. The van der Waals surface area contributed by atoms with Crippen LogP contribution in [0.2, 0.25) is 0 Å². The number of rotatable bonds is 1. The number of hydrogen-bond acceptors (Lipinski definition) is 3. The summed E-state index contributed by atoms with van der Waals surface area (Å²) in [4.78, 5) is 12.9. The molecule has 23 heavy (non-hydrogen) atoms. The minimum Gasteiger partial charge on any atom is -0.396 e. The highest BCUT2D eigenvalue weighted by molar-refractivity contribution is 5.88. The summed E-state index contributed by atoms with van der Waals surface area (Å²) in [7, 11) is 0. The van der Waals surface area contributed by atoms with E-state index in [1.54, 1.807) is 0 Å². The van der Waals surface area contributed by atoms with Crippen molar-refractivity contribution in [3.05, 3.63) is 0 Å². The lowest BCUT2D eigenvalue weighted by Crippen LogP contribution is -2.69. The number of ketones is 1. The number of aliphatic hydroxyl groups is 2. The van der Waals surface area contributed by atoms with Crippen LogP contribution in [0.5, 0.6) is 0 Å². The van der Waals surface area contributed by atoms with Crippen LogP contribution in [-0.2, 0) is 4.79 Å². The van der Waals surface area contributed by atoms with Crippen molar-refractivity contribution in [2.24, 2.45) is 33.5 Å². The van der Waals surface area contributed by atoms with Gasteiger partial charge in [-0.3, -0.25) is 4.79 Å². The monoisotopic (exact) mass is 320 g/mol. The Bertz CT molecular complexity index is 545. The van der Waals surface area contributed by atoms with Crippen LogP contribution in [0.4, 0.5) is 0 Å². The Morgan fingerprint density at radius 1 is 1.13 bits per heavy atom. The maximum Gasteiger partial charge on any atom is 0.141 e. The van der Waals surface area contributed by atoms with Crippen LogP contribution in [0.1, 0.15) is 72.1 Å². The Balaban J connectivity index is 1.82. The highest BCUT2D eigenvalue weighted by Gasteiger charge is 2.71. The first-order valence-electron chi connectivity index (χ1n) is 9.54. The van der Waals surface area contributed by atoms with Gasteiger partial charge in [-0.25, -0.2) is 0 Å². The highest BCUT2D eigenvalue weighted by Crippen LogP contribution is 2.74. The summed E-state index contributed by atoms with van der Waals surface area (Å²) in [6.07, 6.45) is 7.61. The van der Waals surface area contributed by atoms with E-state index < -0.39 is 11.5 Å². The van der Waals surface area contributed by atoms with Gasteiger partial charge in [0.15, 0.2) is 0 Å². The van der Waals surface area contributed by atoms with Crippen molar-refractivity contribution >= 4 is 5.78 Å². The molecular formula is C20H32O3. The fraction of sp³-hybridized carbons (Fsp3) is 0.950. The summed E-state index contributed by atoms with van der Waals surface area (Å²) in [6, 6.07) is 0. The van der Waals surface area contributed by atoms with E-state index >= 15 is 0 Å². The van der Waals surface area contributed by atoms with Crippen LogP contribution < -0.4 is 0 Å². The Morgan fingerprint density at radius 2 is 1.87 bits per heavy atom. The van der Waals surface area contributed by atoms with Gasteiger partial charge >= 0.3 is 0 Å². The van der Waals surface area contributed by atoms with E-state index in [1.807, 2.05) is 6.92 Å². The zero-order chi connectivity index (χ0) is 16.7. The van der Waals surface area contributed by atoms with Crippen molar-refractivity contribution in [3.63, 3.8) is 0 Å². The lowest BCUT2D eigenvalue weighted by Gasteiger charge is -2.71. The van der Waals surface area contributed by atoms with E-state index in [0.717, 1.165) is 32.1 Å². The SMILES string of the molecule is C[C@]1(CO)CCC[C@@]2(C)[C@H]1CC[C@H]1C[C@]3(C)C(=O)C[C@@]12C[C@@H]3O. The summed E-state index contributed by atoms with van der Waals surface area (Å²) in [5, 5.41) is 20.9. The van der Waals surface area contributed by atoms with Crippen molar-refractivity contribution in [2.45, 2.75) is 78.2 Å². The van der Waals surface area contributed by atoms with E-state index in [-0.39, 0.29) is 22.9 Å². The largest absolute Gasteiger partial charge is 0.396 e. The maximum absolute atomic E-state index is 12.9. The number of aliphatic hydroxyl groups excluding tert-OH is 2. The van der Waals surface area contributed by atoms with Crippen molar-refractivity contribution in [3.8, 4) is 0 Å². The molecule has 7 atom stereocenters. The van der Waals surface area contributed by atoms with Gasteiger partial charge in [0.25, 0.3) is 0 Å². The number of fused-ring (bicyclic) bond motifs is 3. The summed E-state index contributed by atoms with van der Waals surface area (Å²) < 4.78 is 0. The normalized spacial score (nSPS) is 58.7. The standard InChI is InChI=1S/C20H32O3/c1-17(12-21)7-4-8-19(3)14(17)6-5-13-9-18(2)15(22)10-20(13,19)11-16(18)23/h13-15,21-22H,4-12H2,1-3H3/t13-,14-,15-,17+,18-,19-,20-/m0/s1. The van der Waals surface area contributed by atoms with Crippen LogP contribution in [-0.4, -0.2) is 28.7 Å². The predicted octanol–water partition coefficient (Wildman–Crippen LogP) is 3.32. The maximum atomic E-state index is 12.9. The summed E-state index contributed by atoms with van der Waals surface area (Å²) in [5.74, 6) is 1.36. The molecule has 0 aromatic heterocycles. The van der Waals surface area contributed by atoms with Gasteiger partial charge in [0.05, 0.1) is 11.5 Å². The summed E-state index contributed by atoms with van der Waals surface area (Å²) >= 11 is 0. The predicted molar refractivity (Wildman–Crippen MR) is 88.8 cm³/mol. The van der Waals surface area contributed by atoms with E-state index in [0.29, 0.717) is 24.0 Å². The smallest absolute Gasteiger partial charge is 0.141 e. The van der Waals surface area contributed by atoms with Gasteiger partial charge < -0.3 is 10.2 Å². The molecule has 0 aromatic rings. The third-order valence-corrected chi connectivity index (χ3v) is 9.21. The van der Waals surface area contributed by atoms with E-state index in [9.17, 15) is 15.0 Å². The molecular weight excluding hydrogens is 288 g/mol. The van der Waals surface area contributed by atoms with Crippen LogP contribution in [0, 0.1) is 33.5 Å². The second-order valence-electron chi connectivity index (χ2n) is 10.0. The number of carbonyl (C=O) groups excluding carboxylic acids is 1. The molecule has 130 valence electrons. The van der Waals surface area contributed by atoms with Crippen molar-refractivity contribution < 1.29 is 15.0 Å². The minimum atomic E-state index is -0.495. The molecule has 2 bridgehead atoms. The van der Waals surface area contributed by atoms with Gasteiger partial charge in [-0.15, -0.1) is 0 Å². The average molecular weight is 320 g/mol. The van der Waals surface area contributed by atoms with E-state index in [4.69, 9.17) is 0 Å². The molecule has 0 heterocycles. The van der Waals surface area contributed by atoms with Crippen LogP contribution >= 0.6 is 0 Å². The molecule has 5 saturated carbocycles.